The van der Waals surface area contributed by atoms with Crippen LogP contribution in [0.5, 0.6) is 5.75 Å². The highest BCUT2D eigenvalue weighted by atomic mass is 16.5. The molecule has 18 heavy (non-hydrogen) atoms. The SMILES string of the molecule is COCC1CN(C(=O)c2ccc(N)c(OC)c2)C1. The second-order valence-electron chi connectivity index (χ2n) is 4.49. The number of carbonyl (C=O) groups excluding carboxylic acids is 1. The van der Waals surface area contributed by atoms with E-state index in [0.29, 0.717) is 29.5 Å². The Bertz CT molecular complexity index is 442. The van der Waals surface area contributed by atoms with Crippen molar-refractivity contribution in [3.8, 4) is 5.75 Å². The van der Waals surface area contributed by atoms with Gasteiger partial charge in [-0.3, -0.25) is 4.79 Å². The molecule has 0 unspecified atom stereocenters. The number of nitrogen functional groups attached to an aromatic ring is 1. The van der Waals surface area contributed by atoms with Gasteiger partial charge in [-0.1, -0.05) is 0 Å². The largest absolute Gasteiger partial charge is 0.495 e. The lowest BCUT2D eigenvalue weighted by molar-refractivity contribution is 0.0270. The van der Waals surface area contributed by atoms with Crippen molar-refractivity contribution in [2.75, 3.05) is 39.6 Å². The van der Waals surface area contributed by atoms with Crippen molar-refractivity contribution in [1.82, 2.24) is 4.90 Å². The Hall–Kier alpha value is -1.75. The molecule has 2 rings (SSSR count). The minimum absolute atomic E-state index is 0.0145. The molecular formula is C13H18N2O3. The summed E-state index contributed by atoms with van der Waals surface area (Å²) in [5.74, 6) is 1.00. The number of hydrogen-bond donors (Lipinski definition) is 1. The van der Waals surface area contributed by atoms with E-state index in [-0.39, 0.29) is 5.91 Å². The van der Waals surface area contributed by atoms with Gasteiger partial charge in [0, 0.05) is 31.7 Å². The molecule has 1 aliphatic heterocycles. The van der Waals surface area contributed by atoms with Gasteiger partial charge in [-0.25, -0.2) is 0 Å². The molecule has 1 aliphatic rings. The van der Waals surface area contributed by atoms with E-state index in [1.807, 2.05) is 0 Å². The average Bonchev–Trinajstić information content (AvgIpc) is 2.33. The quantitative estimate of drug-likeness (QED) is 0.809. The summed E-state index contributed by atoms with van der Waals surface area (Å²) in [6.45, 7) is 2.20. The first-order chi connectivity index (χ1) is 8.65. The van der Waals surface area contributed by atoms with Crippen LogP contribution in [0.2, 0.25) is 0 Å². The monoisotopic (exact) mass is 250 g/mol. The molecule has 0 saturated carbocycles. The average molecular weight is 250 g/mol. The summed E-state index contributed by atoms with van der Waals surface area (Å²) in [7, 11) is 3.22. The third-order valence-electron chi connectivity index (χ3n) is 3.13. The fourth-order valence-corrected chi connectivity index (χ4v) is 2.10. The van der Waals surface area contributed by atoms with Crippen molar-refractivity contribution in [3.63, 3.8) is 0 Å². The first kappa shape index (κ1) is 12.7. The fourth-order valence-electron chi connectivity index (χ4n) is 2.10. The minimum atomic E-state index is 0.0145. The Kier molecular flexibility index (Phi) is 3.72. The molecule has 1 aromatic carbocycles. The van der Waals surface area contributed by atoms with Crippen molar-refractivity contribution in [2.45, 2.75) is 0 Å². The van der Waals surface area contributed by atoms with Gasteiger partial charge in [-0.15, -0.1) is 0 Å². The molecule has 0 aliphatic carbocycles. The summed E-state index contributed by atoms with van der Waals surface area (Å²) >= 11 is 0. The maximum absolute atomic E-state index is 12.1. The molecule has 0 aromatic heterocycles. The molecule has 1 aromatic rings. The van der Waals surface area contributed by atoms with Crippen molar-refractivity contribution < 1.29 is 14.3 Å². The summed E-state index contributed by atoms with van der Waals surface area (Å²) in [6, 6.07) is 5.10. The predicted molar refractivity (Wildman–Crippen MR) is 68.7 cm³/mol. The van der Waals surface area contributed by atoms with E-state index in [1.165, 1.54) is 7.11 Å². The molecule has 0 radical (unpaired) electrons. The number of benzene rings is 1. The zero-order valence-corrected chi connectivity index (χ0v) is 10.7. The van der Waals surface area contributed by atoms with Crippen LogP contribution < -0.4 is 10.5 Å². The lowest BCUT2D eigenvalue weighted by atomic mass is 10.00. The standard InChI is InChI=1S/C13H18N2O3/c1-17-8-9-6-15(7-9)13(16)10-3-4-11(14)12(5-10)18-2/h3-5,9H,6-8,14H2,1-2H3. The van der Waals surface area contributed by atoms with Crippen LogP contribution in [0.15, 0.2) is 18.2 Å². The van der Waals surface area contributed by atoms with E-state index >= 15 is 0 Å². The number of hydrogen-bond acceptors (Lipinski definition) is 4. The van der Waals surface area contributed by atoms with Crippen LogP contribution in [0.3, 0.4) is 0 Å². The second-order valence-corrected chi connectivity index (χ2v) is 4.49. The van der Waals surface area contributed by atoms with Gasteiger partial charge in [0.1, 0.15) is 5.75 Å². The van der Waals surface area contributed by atoms with Crippen molar-refractivity contribution in [1.29, 1.82) is 0 Å². The van der Waals surface area contributed by atoms with Gasteiger partial charge in [-0.2, -0.15) is 0 Å². The van der Waals surface area contributed by atoms with Gasteiger partial charge >= 0.3 is 0 Å². The van der Waals surface area contributed by atoms with Gasteiger partial charge in [0.15, 0.2) is 0 Å². The molecule has 0 spiro atoms. The Balaban J connectivity index is 2.02. The molecule has 0 atom stereocenters. The van der Waals surface area contributed by atoms with Gasteiger partial charge in [0.05, 0.1) is 19.4 Å². The number of ether oxygens (including phenoxy) is 2. The fraction of sp³-hybridized carbons (Fsp3) is 0.462. The lowest BCUT2D eigenvalue weighted by Gasteiger charge is -2.38. The molecule has 1 amide bonds. The van der Waals surface area contributed by atoms with Crippen molar-refractivity contribution in [2.24, 2.45) is 5.92 Å². The van der Waals surface area contributed by atoms with E-state index in [4.69, 9.17) is 15.2 Å². The highest BCUT2D eigenvalue weighted by Crippen LogP contribution is 2.25. The van der Waals surface area contributed by atoms with Gasteiger partial charge in [0.2, 0.25) is 0 Å². The molecule has 5 heteroatoms. The smallest absolute Gasteiger partial charge is 0.254 e. The molecule has 98 valence electrons. The third-order valence-corrected chi connectivity index (χ3v) is 3.13. The Labute approximate surface area is 106 Å². The number of carbonyl (C=O) groups is 1. The number of likely N-dealkylation sites (tertiary alicyclic amines) is 1. The van der Waals surface area contributed by atoms with E-state index in [0.717, 1.165) is 13.1 Å². The van der Waals surface area contributed by atoms with Crippen molar-refractivity contribution in [3.05, 3.63) is 23.8 Å². The number of rotatable bonds is 4. The Morgan fingerprint density at radius 2 is 2.17 bits per heavy atom. The van der Waals surface area contributed by atoms with E-state index in [2.05, 4.69) is 0 Å². The number of anilines is 1. The van der Waals surface area contributed by atoms with E-state index in [1.54, 1.807) is 30.2 Å². The van der Waals surface area contributed by atoms with Crippen LogP contribution in [-0.2, 0) is 4.74 Å². The molecule has 1 saturated heterocycles. The third kappa shape index (κ3) is 2.41. The number of nitrogens with two attached hydrogens (primary N) is 1. The molecular weight excluding hydrogens is 232 g/mol. The zero-order chi connectivity index (χ0) is 13.1. The summed E-state index contributed by atoms with van der Waals surface area (Å²) < 4.78 is 10.2. The van der Waals surface area contributed by atoms with E-state index < -0.39 is 0 Å². The van der Waals surface area contributed by atoms with Crippen LogP contribution >= 0.6 is 0 Å². The highest BCUT2D eigenvalue weighted by Gasteiger charge is 2.31. The van der Waals surface area contributed by atoms with Crippen LogP contribution in [-0.4, -0.2) is 44.7 Å². The first-order valence-corrected chi connectivity index (χ1v) is 5.87. The topological polar surface area (TPSA) is 64.8 Å². The van der Waals surface area contributed by atoms with Crippen molar-refractivity contribution >= 4 is 11.6 Å². The summed E-state index contributed by atoms with van der Waals surface area (Å²) in [5.41, 5.74) is 6.86. The van der Waals surface area contributed by atoms with Crippen LogP contribution in [0.4, 0.5) is 5.69 Å². The van der Waals surface area contributed by atoms with Crippen LogP contribution in [0, 0.1) is 5.92 Å². The summed E-state index contributed by atoms with van der Waals surface area (Å²) in [5, 5.41) is 0. The summed E-state index contributed by atoms with van der Waals surface area (Å²) in [4.78, 5) is 13.9. The molecule has 1 heterocycles. The van der Waals surface area contributed by atoms with Crippen LogP contribution in [0.1, 0.15) is 10.4 Å². The van der Waals surface area contributed by atoms with Gasteiger partial charge < -0.3 is 20.1 Å². The minimum Gasteiger partial charge on any atom is -0.495 e. The molecule has 1 fully saturated rings. The van der Waals surface area contributed by atoms with Crippen LogP contribution in [0.25, 0.3) is 0 Å². The molecule has 5 nitrogen and oxygen atoms in total. The first-order valence-electron chi connectivity index (χ1n) is 5.87. The second kappa shape index (κ2) is 5.27. The Morgan fingerprint density at radius 3 is 2.78 bits per heavy atom. The zero-order valence-electron chi connectivity index (χ0n) is 10.7. The maximum Gasteiger partial charge on any atom is 0.254 e. The Morgan fingerprint density at radius 1 is 1.44 bits per heavy atom. The van der Waals surface area contributed by atoms with Gasteiger partial charge in [-0.05, 0) is 18.2 Å². The normalized spacial score (nSPS) is 15.3. The number of amides is 1. The maximum atomic E-state index is 12.1. The van der Waals surface area contributed by atoms with E-state index in [9.17, 15) is 4.79 Å². The predicted octanol–water partition coefficient (Wildman–Crippen LogP) is 0.996. The number of methoxy groups -OCH3 is 2. The highest BCUT2D eigenvalue weighted by molar-refractivity contribution is 5.95. The molecule has 2 N–H and O–H groups in total. The summed E-state index contributed by atoms with van der Waals surface area (Å²) in [6.07, 6.45) is 0. The molecule has 0 bridgehead atoms. The number of nitrogens with zero attached hydrogens (tertiary/aromatic N) is 1. The van der Waals surface area contributed by atoms with Gasteiger partial charge in [0.25, 0.3) is 5.91 Å². The lowest BCUT2D eigenvalue weighted by Crippen LogP contribution is -2.51.